The van der Waals surface area contributed by atoms with E-state index in [2.05, 4.69) is 6.92 Å². The van der Waals surface area contributed by atoms with Crippen molar-refractivity contribution < 1.29 is 9.47 Å². The van der Waals surface area contributed by atoms with Crippen LogP contribution in [-0.4, -0.2) is 17.5 Å². The zero-order valence-electron chi connectivity index (χ0n) is 7.10. The van der Waals surface area contributed by atoms with Crippen LogP contribution in [0, 0.1) is 6.92 Å². The van der Waals surface area contributed by atoms with E-state index in [0.29, 0.717) is 0 Å². The summed E-state index contributed by atoms with van der Waals surface area (Å²) in [7, 11) is 0. The number of ether oxygens (including phenoxy) is 2. The molecule has 1 heterocycles. The van der Waals surface area contributed by atoms with Gasteiger partial charge in [-0.05, 0) is 34.6 Å². The molecule has 59 valence electrons. The molecule has 1 aliphatic rings. The van der Waals surface area contributed by atoms with Gasteiger partial charge < -0.3 is 9.47 Å². The molecular weight excluding hydrogens is 128 g/mol. The van der Waals surface area contributed by atoms with Crippen LogP contribution in [-0.2, 0) is 9.47 Å². The molecule has 0 aliphatic carbocycles. The van der Waals surface area contributed by atoms with E-state index in [9.17, 15) is 0 Å². The van der Waals surface area contributed by atoms with Crippen molar-refractivity contribution in [3.8, 4) is 0 Å². The number of hydrogen-bond acceptors (Lipinski definition) is 2. The van der Waals surface area contributed by atoms with Crippen LogP contribution in [0.5, 0.6) is 0 Å². The fourth-order valence-corrected chi connectivity index (χ4v) is 1.21. The molecule has 0 spiro atoms. The van der Waals surface area contributed by atoms with Gasteiger partial charge in [0, 0.05) is 0 Å². The van der Waals surface area contributed by atoms with Gasteiger partial charge in [-0.15, -0.1) is 0 Å². The van der Waals surface area contributed by atoms with Crippen molar-refractivity contribution in [3.63, 3.8) is 0 Å². The van der Waals surface area contributed by atoms with E-state index in [1.807, 2.05) is 27.7 Å². The third-order valence-electron chi connectivity index (χ3n) is 1.71. The van der Waals surface area contributed by atoms with Gasteiger partial charge in [0.2, 0.25) is 0 Å². The fraction of sp³-hybridized carbons (Fsp3) is 0.875. The van der Waals surface area contributed by atoms with Gasteiger partial charge in [0.25, 0.3) is 0 Å². The number of rotatable bonds is 0. The molecule has 0 amide bonds. The van der Waals surface area contributed by atoms with Crippen molar-refractivity contribution >= 4 is 0 Å². The van der Waals surface area contributed by atoms with Gasteiger partial charge >= 0.3 is 0 Å². The van der Waals surface area contributed by atoms with E-state index in [0.717, 1.165) is 0 Å². The Hall–Kier alpha value is -0.0800. The normalized spacial score (nSPS) is 36.3. The second-order valence-corrected chi connectivity index (χ2v) is 3.71. The summed E-state index contributed by atoms with van der Waals surface area (Å²) in [5, 5.41) is 0. The average Bonchev–Trinajstić information content (AvgIpc) is 1.73. The molecule has 2 heteroatoms. The topological polar surface area (TPSA) is 18.5 Å². The molecule has 1 fully saturated rings. The summed E-state index contributed by atoms with van der Waals surface area (Å²) in [5.41, 5.74) is -0.247. The van der Waals surface area contributed by atoms with E-state index in [-0.39, 0.29) is 11.7 Å². The zero-order valence-corrected chi connectivity index (χ0v) is 7.10. The van der Waals surface area contributed by atoms with Gasteiger partial charge in [0.1, 0.15) is 0 Å². The minimum absolute atomic E-state index is 0.0671. The maximum Gasteiger partial charge on any atom is 0.164 e. The van der Waals surface area contributed by atoms with Gasteiger partial charge in [-0.1, -0.05) is 0 Å². The molecule has 0 aromatic heterocycles. The Labute approximate surface area is 62.5 Å². The van der Waals surface area contributed by atoms with Crippen LogP contribution in [0.2, 0.25) is 0 Å². The lowest BCUT2D eigenvalue weighted by molar-refractivity contribution is -0.155. The summed E-state index contributed by atoms with van der Waals surface area (Å²) in [6.45, 7) is 11.6. The predicted molar refractivity (Wildman–Crippen MR) is 39.5 cm³/mol. The van der Waals surface area contributed by atoms with Gasteiger partial charge in [-0.2, -0.15) is 0 Å². The highest BCUT2D eigenvalue weighted by atomic mass is 16.8. The van der Waals surface area contributed by atoms with Crippen LogP contribution >= 0.6 is 0 Å². The highest BCUT2D eigenvalue weighted by Crippen LogP contribution is 2.34. The molecule has 1 rings (SSSR count). The molecule has 0 aromatic carbocycles. The van der Waals surface area contributed by atoms with E-state index >= 15 is 0 Å². The Morgan fingerprint density at radius 2 is 1.70 bits per heavy atom. The minimum atomic E-state index is -0.462. The molecule has 1 aliphatic heterocycles. The first-order chi connectivity index (χ1) is 4.33. The average molecular weight is 143 g/mol. The molecule has 0 bridgehead atoms. The monoisotopic (exact) mass is 143 g/mol. The summed E-state index contributed by atoms with van der Waals surface area (Å²) in [6, 6.07) is 0. The van der Waals surface area contributed by atoms with E-state index in [1.54, 1.807) is 0 Å². The maximum absolute atomic E-state index is 5.56. The van der Waals surface area contributed by atoms with E-state index in [1.165, 1.54) is 0 Å². The predicted octanol–water partition coefficient (Wildman–Crippen LogP) is 1.75. The maximum atomic E-state index is 5.56. The van der Waals surface area contributed by atoms with Crippen molar-refractivity contribution in [2.75, 3.05) is 0 Å². The summed E-state index contributed by atoms with van der Waals surface area (Å²) in [6.07, 6.45) is -0.0671. The van der Waals surface area contributed by atoms with Gasteiger partial charge in [-0.25, -0.2) is 0 Å². The van der Waals surface area contributed by atoms with Gasteiger partial charge in [-0.3, -0.25) is 0 Å². The van der Waals surface area contributed by atoms with Crippen molar-refractivity contribution in [1.29, 1.82) is 0 Å². The van der Waals surface area contributed by atoms with Crippen molar-refractivity contribution in [2.45, 2.75) is 45.2 Å². The van der Waals surface area contributed by atoms with Crippen LogP contribution in [0.4, 0.5) is 0 Å². The highest BCUT2D eigenvalue weighted by Gasteiger charge is 2.44. The van der Waals surface area contributed by atoms with Crippen LogP contribution < -0.4 is 0 Å². The lowest BCUT2D eigenvalue weighted by atomic mass is 10.0. The first-order valence-corrected chi connectivity index (χ1v) is 3.54. The fourth-order valence-electron chi connectivity index (χ4n) is 1.21. The Balaban J connectivity index is 2.71. The van der Waals surface area contributed by atoms with Crippen LogP contribution in [0.3, 0.4) is 0 Å². The second-order valence-electron chi connectivity index (χ2n) is 3.71. The summed E-state index contributed by atoms with van der Waals surface area (Å²) in [5.74, 6) is -0.462. The smallest absolute Gasteiger partial charge is 0.164 e. The molecule has 1 unspecified atom stereocenters. The quantitative estimate of drug-likeness (QED) is 0.514. The van der Waals surface area contributed by atoms with Crippen LogP contribution in [0.15, 0.2) is 0 Å². The third kappa shape index (κ3) is 1.32. The molecule has 0 aromatic rings. The first kappa shape index (κ1) is 8.02. The Morgan fingerprint density at radius 1 is 1.20 bits per heavy atom. The first-order valence-electron chi connectivity index (χ1n) is 3.54. The molecule has 1 radical (unpaired) electrons. The Bertz CT molecular complexity index is 138. The molecule has 1 saturated heterocycles. The lowest BCUT2D eigenvalue weighted by Gasteiger charge is -2.21. The SMILES string of the molecule is [CH2]C1OC(C)(C)OC1(C)C. The second kappa shape index (κ2) is 1.95. The third-order valence-corrected chi connectivity index (χ3v) is 1.71. The number of hydrogen-bond donors (Lipinski definition) is 0. The standard InChI is InChI=1S/C8H15O2/c1-6-7(2,3)10-8(4,5)9-6/h6H,1H2,2-5H3. The molecule has 0 N–H and O–H groups in total. The summed E-state index contributed by atoms with van der Waals surface area (Å²) >= 11 is 0. The van der Waals surface area contributed by atoms with Crippen molar-refractivity contribution in [1.82, 2.24) is 0 Å². The molecule has 10 heavy (non-hydrogen) atoms. The molecular formula is C8H15O2. The lowest BCUT2D eigenvalue weighted by Crippen LogP contribution is -2.31. The van der Waals surface area contributed by atoms with Crippen molar-refractivity contribution in [3.05, 3.63) is 6.92 Å². The van der Waals surface area contributed by atoms with Gasteiger partial charge in [0.15, 0.2) is 5.79 Å². The Morgan fingerprint density at radius 3 is 1.80 bits per heavy atom. The Kier molecular flexibility index (Phi) is 1.57. The van der Waals surface area contributed by atoms with E-state index in [4.69, 9.17) is 9.47 Å². The molecule has 2 nitrogen and oxygen atoms in total. The van der Waals surface area contributed by atoms with Crippen molar-refractivity contribution in [2.24, 2.45) is 0 Å². The minimum Gasteiger partial charge on any atom is -0.344 e. The molecule has 1 atom stereocenters. The van der Waals surface area contributed by atoms with Crippen LogP contribution in [0.1, 0.15) is 27.7 Å². The largest absolute Gasteiger partial charge is 0.344 e. The highest BCUT2D eigenvalue weighted by molar-refractivity contribution is 4.90. The summed E-state index contributed by atoms with van der Waals surface area (Å²) in [4.78, 5) is 0. The summed E-state index contributed by atoms with van der Waals surface area (Å²) < 4.78 is 11.0. The molecule has 0 saturated carbocycles. The van der Waals surface area contributed by atoms with Crippen LogP contribution in [0.25, 0.3) is 0 Å². The van der Waals surface area contributed by atoms with Gasteiger partial charge in [0.05, 0.1) is 11.7 Å². The zero-order chi connectivity index (χ0) is 7.99. The van der Waals surface area contributed by atoms with E-state index < -0.39 is 5.79 Å².